The van der Waals surface area contributed by atoms with E-state index < -0.39 is 0 Å². The van der Waals surface area contributed by atoms with Crippen molar-refractivity contribution in [2.45, 2.75) is 39.2 Å². The molecule has 138 valence electrons. The highest BCUT2D eigenvalue weighted by Crippen LogP contribution is 2.28. The zero-order chi connectivity index (χ0) is 18.9. The van der Waals surface area contributed by atoms with Crippen LogP contribution in [-0.2, 0) is 9.59 Å². The quantitative estimate of drug-likeness (QED) is 0.789. The predicted octanol–water partition coefficient (Wildman–Crippen LogP) is 3.58. The second kappa shape index (κ2) is 9.76. The Bertz CT molecular complexity index is 659. The molecule has 0 radical (unpaired) electrons. The van der Waals surface area contributed by atoms with Crippen LogP contribution < -0.4 is 5.32 Å². The molecule has 4 nitrogen and oxygen atoms in total. The monoisotopic (exact) mass is 352 g/mol. The van der Waals surface area contributed by atoms with Crippen molar-refractivity contribution >= 4 is 11.8 Å². The molecule has 0 fully saturated rings. The Morgan fingerprint density at radius 3 is 1.85 bits per heavy atom. The van der Waals surface area contributed by atoms with Crippen LogP contribution in [0.1, 0.15) is 44.2 Å². The Kier molecular flexibility index (Phi) is 7.39. The van der Waals surface area contributed by atoms with Crippen LogP contribution >= 0.6 is 0 Å². The fourth-order valence-corrected chi connectivity index (χ4v) is 3.02. The summed E-state index contributed by atoms with van der Waals surface area (Å²) in [5, 5.41) is 2.85. The standard InChI is InChI=1S/C22H28N2O2/c1-4-24(16-21(25)23-17(2)3)22(26)15-20(18-11-7-5-8-12-18)19-13-9-6-10-14-19/h5-14,17,20H,4,15-16H2,1-3H3,(H,23,25). The molecule has 26 heavy (non-hydrogen) atoms. The lowest BCUT2D eigenvalue weighted by Gasteiger charge is -2.24. The highest BCUT2D eigenvalue weighted by atomic mass is 16.2. The maximum absolute atomic E-state index is 12.9. The number of amides is 2. The summed E-state index contributed by atoms with van der Waals surface area (Å²) in [7, 11) is 0. The van der Waals surface area contributed by atoms with Crippen LogP contribution in [0.4, 0.5) is 0 Å². The Balaban J connectivity index is 2.16. The van der Waals surface area contributed by atoms with Crippen LogP contribution in [-0.4, -0.2) is 35.8 Å². The zero-order valence-corrected chi connectivity index (χ0v) is 15.8. The van der Waals surface area contributed by atoms with Crippen molar-refractivity contribution in [2.75, 3.05) is 13.1 Å². The number of hydrogen-bond acceptors (Lipinski definition) is 2. The molecular formula is C22H28N2O2. The molecule has 2 aromatic carbocycles. The first-order valence-electron chi connectivity index (χ1n) is 9.18. The summed E-state index contributed by atoms with van der Waals surface area (Å²) >= 11 is 0. The topological polar surface area (TPSA) is 49.4 Å². The summed E-state index contributed by atoms with van der Waals surface area (Å²) in [5.41, 5.74) is 2.21. The van der Waals surface area contributed by atoms with Crippen molar-refractivity contribution in [1.82, 2.24) is 10.2 Å². The normalized spacial score (nSPS) is 10.8. The van der Waals surface area contributed by atoms with Gasteiger partial charge in [0.25, 0.3) is 0 Å². The average Bonchev–Trinajstić information content (AvgIpc) is 2.64. The van der Waals surface area contributed by atoms with E-state index in [0.717, 1.165) is 11.1 Å². The highest BCUT2D eigenvalue weighted by molar-refractivity contribution is 5.85. The molecule has 0 saturated heterocycles. The molecule has 0 heterocycles. The summed E-state index contributed by atoms with van der Waals surface area (Å²) in [6.45, 7) is 6.35. The molecule has 0 atom stereocenters. The van der Waals surface area contributed by atoms with Gasteiger partial charge >= 0.3 is 0 Å². The molecular weight excluding hydrogens is 324 g/mol. The molecule has 2 rings (SSSR count). The van der Waals surface area contributed by atoms with Gasteiger partial charge in [0.05, 0.1) is 6.54 Å². The fraction of sp³-hybridized carbons (Fsp3) is 0.364. The van der Waals surface area contributed by atoms with Crippen molar-refractivity contribution in [3.63, 3.8) is 0 Å². The number of benzene rings is 2. The second-order valence-corrected chi connectivity index (χ2v) is 6.71. The van der Waals surface area contributed by atoms with Gasteiger partial charge in [0.15, 0.2) is 0 Å². The van der Waals surface area contributed by atoms with Gasteiger partial charge in [-0.05, 0) is 31.9 Å². The first-order valence-corrected chi connectivity index (χ1v) is 9.18. The predicted molar refractivity (Wildman–Crippen MR) is 105 cm³/mol. The minimum atomic E-state index is -0.119. The molecule has 2 amide bonds. The number of carbonyl (C=O) groups is 2. The van der Waals surface area contributed by atoms with Gasteiger partial charge in [-0.2, -0.15) is 0 Å². The van der Waals surface area contributed by atoms with E-state index in [4.69, 9.17) is 0 Å². The largest absolute Gasteiger partial charge is 0.352 e. The molecule has 0 bridgehead atoms. The molecule has 0 unspecified atom stereocenters. The van der Waals surface area contributed by atoms with Crippen molar-refractivity contribution in [3.8, 4) is 0 Å². The minimum absolute atomic E-state index is 0.0101. The van der Waals surface area contributed by atoms with Gasteiger partial charge in [0.1, 0.15) is 0 Å². The number of hydrogen-bond donors (Lipinski definition) is 1. The lowest BCUT2D eigenvalue weighted by atomic mass is 9.88. The van der Waals surface area contributed by atoms with Crippen molar-refractivity contribution in [1.29, 1.82) is 0 Å². The van der Waals surface area contributed by atoms with Crippen molar-refractivity contribution in [3.05, 3.63) is 71.8 Å². The maximum atomic E-state index is 12.9. The molecule has 0 aliphatic rings. The van der Waals surface area contributed by atoms with E-state index in [1.54, 1.807) is 4.90 Å². The smallest absolute Gasteiger partial charge is 0.239 e. The Hall–Kier alpha value is -2.62. The van der Waals surface area contributed by atoms with Crippen LogP contribution in [0.25, 0.3) is 0 Å². The van der Waals surface area contributed by atoms with Gasteiger partial charge in [-0.25, -0.2) is 0 Å². The van der Waals surface area contributed by atoms with E-state index >= 15 is 0 Å². The number of likely N-dealkylation sites (N-methyl/N-ethyl adjacent to an activating group) is 1. The van der Waals surface area contributed by atoms with E-state index in [1.807, 2.05) is 81.4 Å². The fourth-order valence-electron chi connectivity index (χ4n) is 3.02. The van der Waals surface area contributed by atoms with Crippen LogP contribution in [0.2, 0.25) is 0 Å². The van der Waals surface area contributed by atoms with Gasteiger partial charge in [0.2, 0.25) is 11.8 Å². The Morgan fingerprint density at radius 1 is 0.923 bits per heavy atom. The lowest BCUT2D eigenvalue weighted by molar-refractivity contribution is -0.136. The summed E-state index contributed by atoms with van der Waals surface area (Å²) in [5.74, 6) is -0.151. The number of rotatable bonds is 8. The van der Waals surface area contributed by atoms with Crippen molar-refractivity contribution < 1.29 is 9.59 Å². The maximum Gasteiger partial charge on any atom is 0.239 e. The first-order chi connectivity index (χ1) is 12.5. The molecule has 0 aromatic heterocycles. The zero-order valence-electron chi connectivity index (χ0n) is 15.8. The van der Waals surface area contributed by atoms with Crippen LogP contribution in [0.3, 0.4) is 0 Å². The summed E-state index contributed by atoms with van der Waals surface area (Å²) < 4.78 is 0. The third-order valence-electron chi connectivity index (χ3n) is 4.30. The molecule has 0 saturated carbocycles. The molecule has 4 heteroatoms. The summed E-state index contributed by atoms with van der Waals surface area (Å²) in [6, 6.07) is 20.2. The molecule has 1 N–H and O–H groups in total. The van der Waals surface area contributed by atoms with Crippen LogP contribution in [0.5, 0.6) is 0 Å². The molecule has 0 aliphatic carbocycles. The summed E-state index contributed by atoms with van der Waals surface area (Å²) in [6.07, 6.45) is 0.344. The Morgan fingerprint density at radius 2 is 1.42 bits per heavy atom. The lowest BCUT2D eigenvalue weighted by Crippen LogP contribution is -2.43. The number of nitrogens with zero attached hydrogens (tertiary/aromatic N) is 1. The van der Waals surface area contributed by atoms with Crippen LogP contribution in [0.15, 0.2) is 60.7 Å². The van der Waals surface area contributed by atoms with E-state index in [-0.39, 0.29) is 30.3 Å². The molecule has 2 aromatic rings. The van der Waals surface area contributed by atoms with Gasteiger partial charge in [-0.15, -0.1) is 0 Å². The van der Waals surface area contributed by atoms with Crippen LogP contribution in [0, 0.1) is 0 Å². The van der Waals surface area contributed by atoms with Crippen molar-refractivity contribution in [2.24, 2.45) is 0 Å². The van der Waals surface area contributed by atoms with E-state index in [1.165, 1.54) is 0 Å². The number of nitrogens with one attached hydrogen (secondary N) is 1. The molecule has 0 aliphatic heterocycles. The van der Waals surface area contributed by atoms with Gasteiger partial charge in [-0.3, -0.25) is 9.59 Å². The summed E-state index contributed by atoms with van der Waals surface area (Å²) in [4.78, 5) is 26.6. The molecule has 0 spiro atoms. The van der Waals surface area contributed by atoms with E-state index in [0.29, 0.717) is 13.0 Å². The third kappa shape index (κ3) is 5.73. The first kappa shape index (κ1) is 19.7. The minimum Gasteiger partial charge on any atom is -0.352 e. The third-order valence-corrected chi connectivity index (χ3v) is 4.30. The second-order valence-electron chi connectivity index (χ2n) is 6.71. The van der Waals surface area contributed by atoms with Gasteiger partial charge < -0.3 is 10.2 Å². The van der Waals surface area contributed by atoms with E-state index in [2.05, 4.69) is 5.32 Å². The average molecular weight is 352 g/mol. The Labute approximate surface area is 156 Å². The van der Waals surface area contributed by atoms with Gasteiger partial charge in [-0.1, -0.05) is 60.7 Å². The van der Waals surface area contributed by atoms with Gasteiger partial charge in [0, 0.05) is 24.9 Å². The van der Waals surface area contributed by atoms with E-state index in [9.17, 15) is 9.59 Å². The SMILES string of the molecule is CCN(CC(=O)NC(C)C)C(=O)CC(c1ccccc1)c1ccccc1. The number of carbonyl (C=O) groups excluding carboxylic acids is 2. The highest BCUT2D eigenvalue weighted by Gasteiger charge is 2.22.